The number of hydrogen-bond donors (Lipinski definition) is 0. The van der Waals surface area contributed by atoms with Gasteiger partial charge in [-0.2, -0.15) is 0 Å². The number of furan rings is 1. The molecule has 0 aliphatic rings. The normalized spacial score (nSPS) is 11.6. The Kier molecular flexibility index (Phi) is 4.82. The minimum absolute atomic E-state index is 0.904. The van der Waals surface area contributed by atoms with Crippen molar-refractivity contribution in [3.05, 3.63) is 133 Å². The summed E-state index contributed by atoms with van der Waals surface area (Å²) in [5.41, 5.74) is 10.00. The lowest BCUT2D eigenvalue weighted by molar-refractivity contribution is 0.669. The van der Waals surface area contributed by atoms with Crippen molar-refractivity contribution >= 4 is 43.7 Å². The molecule has 0 spiro atoms. The lowest BCUT2D eigenvalue weighted by Crippen LogP contribution is -1.91. The predicted molar refractivity (Wildman–Crippen MR) is 161 cm³/mol. The van der Waals surface area contributed by atoms with Crippen LogP contribution in [-0.2, 0) is 0 Å². The Bertz CT molecular complexity index is 2180. The van der Waals surface area contributed by atoms with Crippen LogP contribution in [0.15, 0.2) is 138 Å². The first-order chi connectivity index (χ1) is 19.3. The molecule has 0 radical (unpaired) electrons. The summed E-state index contributed by atoms with van der Waals surface area (Å²) in [7, 11) is 0. The van der Waals surface area contributed by atoms with Crippen molar-refractivity contribution in [1.29, 1.82) is 0 Å². The third-order valence-corrected chi connectivity index (χ3v) is 7.46. The molecule has 5 aromatic carbocycles. The van der Waals surface area contributed by atoms with E-state index in [-0.39, 0.29) is 0 Å². The molecule has 182 valence electrons. The van der Waals surface area contributed by atoms with E-state index in [9.17, 15) is 0 Å². The molecule has 0 aliphatic heterocycles. The number of pyridine rings is 2. The summed E-state index contributed by atoms with van der Waals surface area (Å²) in [5.74, 6) is 0. The van der Waals surface area contributed by atoms with Crippen LogP contribution in [-0.4, -0.2) is 9.97 Å². The maximum Gasteiger partial charge on any atom is 0.135 e. The minimum Gasteiger partial charge on any atom is -0.456 e. The summed E-state index contributed by atoms with van der Waals surface area (Å²) in [6, 6.07) is 46.2. The summed E-state index contributed by atoms with van der Waals surface area (Å²) in [6.45, 7) is 0. The van der Waals surface area contributed by atoms with E-state index >= 15 is 0 Å². The molecule has 0 fully saturated rings. The Morgan fingerprint density at radius 2 is 0.974 bits per heavy atom. The van der Waals surface area contributed by atoms with Crippen LogP contribution in [0, 0.1) is 0 Å². The van der Waals surface area contributed by atoms with Gasteiger partial charge in [0.25, 0.3) is 0 Å². The lowest BCUT2D eigenvalue weighted by Gasteiger charge is -2.09. The highest BCUT2D eigenvalue weighted by molar-refractivity contribution is 6.06. The molecule has 8 aromatic rings. The first-order valence-corrected chi connectivity index (χ1v) is 13.1. The van der Waals surface area contributed by atoms with Gasteiger partial charge >= 0.3 is 0 Å². The molecule has 0 aliphatic carbocycles. The molecule has 3 heterocycles. The molecule has 0 bridgehead atoms. The van der Waals surface area contributed by atoms with E-state index in [4.69, 9.17) is 14.4 Å². The Balaban J connectivity index is 1.25. The zero-order chi connectivity index (χ0) is 25.8. The fraction of sp³-hybridized carbons (Fsp3) is 0. The van der Waals surface area contributed by atoms with Crippen LogP contribution in [0.1, 0.15) is 0 Å². The van der Waals surface area contributed by atoms with Crippen LogP contribution in [0.25, 0.3) is 77.4 Å². The van der Waals surface area contributed by atoms with E-state index in [1.807, 2.05) is 30.3 Å². The molecule has 0 amide bonds. The van der Waals surface area contributed by atoms with Gasteiger partial charge in [0.1, 0.15) is 11.2 Å². The summed E-state index contributed by atoms with van der Waals surface area (Å²) in [4.78, 5) is 10.2. The number of aromatic nitrogens is 2. The molecule has 0 saturated heterocycles. The van der Waals surface area contributed by atoms with Gasteiger partial charge in [0.05, 0.1) is 22.4 Å². The molecule has 3 nitrogen and oxygen atoms in total. The average molecular weight is 499 g/mol. The SMILES string of the molecule is c1ccc(-c2ccc3ccc4ccc(-c5cccc(-c6ccc7oc8ccccc8c7c6)c5)nc4c3n2)cc1. The predicted octanol–water partition coefficient (Wildman–Crippen LogP) is 9.68. The van der Waals surface area contributed by atoms with E-state index < -0.39 is 0 Å². The average Bonchev–Trinajstić information content (AvgIpc) is 3.39. The minimum atomic E-state index is 0.904. The van der Waals surface area contributed by atoms with Gasteiger partial charge in [0, 0.05) is 32.7 Å². The van der Waals surface area contributed by atoms with Gasteiger partial charge in [-0.15, -0.1) is 0 Å². The number of benzene rings is 5. The van der Waals surface area contributed by atoms with Gasteiger partial charge in [0.2, 0.25) is 0 Å². The standard InChI is InChI=1S/C36H22N2O/c1-2-7-23(8-3-1)31-18-15-24-13-14-25-16-19-32(38-36(25)35(24)37-31)28-10-6-9-26(21-28)27-17-20-34-30(22-27)29-11-4-5-12-33(29)39-34/h1-22H. The Morgan fingerprint density at radius 1 is 0.385 bits per heavy atom. The second-order valence-corrected chi connectivity index (χ2v) is 9.86. The van der Waals surface area contributed by atoms with Crippen LogP contribution in [0.2, 0.25) is 0 Å². The molecule has 3 heteroatoms. The topological polar surface area (TPSA) is 38.9 Å². The second-order valence-electron chi connectivity index (χ2n) is 9.86. The Hall–Kier alpha value is -5.28. The maximum atomic E-state index is 6.03. The molecular formula is C36H22N2O. The maximum absolute atomic E-state index is 6.03. The van der Waals surface area contributed by atoms with Crippen molar-refractivity contribution in [1.82, 2.24) is 9.97 Å². The van der Waals surface area contributed by atoms with Crippen molar-refractivity contribution in [3.63, 3.8) is 0 Å². The highest BCUT2D eigenvalue weighted by atomic mass is 16.3. The van der Waals surface area contributed by atoms with E-state index in [1.54, 1.807) is 0 Å². The molecule has 0 saturated carbocycles. The van der Waals surface area contributed by atoms with Crippen molar-refractivity contribution in [3.8, 4) is 33.6 Å². The number of rotatable bonds is 3. The highest BCUT2D eigenvalue weighted by Crippen LogP contribution is 2.34. The van der Waals surface area contributed by atoms with Crippen LogP contribution < -0.4 is 0 Å². The molecule has 0 atom stereocenters. The molecule has 3 aromatic heterocycles. The van der Waals surface area contributed by atoms with Crippen molar-refractivity contribution < 1.29 is 4.42 Å². The largest absolute Gasteiger partial charge is 0.456 e. The summed E-state index contributed by atoms with van der Waals surface area (Å²) in [6.07, 6.45) is 0. The zero-order valence-corrected chi connectivity index (χ0v) is 21.0. The summed E-state index contributed by atoms with van der Waals surface area (Å²) in [5, 5.41) is 4.43. The third kappa shape index (κ3) is 3.67. The van der Waals surface area contributed by atoms with Crippen LogP contribution in [0.3, 0.4) is 0 Å². The lowest BCUT2D eigenvalue weighted by atomic mass is 9.99. The fourth-order valence-corrected chi connectivity index (χ4v) is 5.46. The van der Waals surface area contributed by atoms with Gasteiger partial charge in [-0.25, -0.2) is 9.97 Å². The first-order valence-electron chi connectivity index (χ1n) is 13.1. The smallest absolute Gasteiger partial charge is 0.135 e. The molecule has 0 N–H and O–H groups in total. The van der Waals surface area contributed by atoms with Crippen molar-refractivity contribution in [2.75, 3.05) is 0 Å². The van der Waals surface area contributed by atoms with Gasteiger partial charge in [-0.05, 0) is 47.5 Å². The first kappa shape index (κ1) is 21.8. The van der Waals surface area contributed by atoms with Crippen molar-refractivity contribution in [2.45, 2.75) is 0 Å². The number of nitrogens with zero attached hydrogens (tertiary/aromatic N) is 2. The number of para-hydroxylation sites is 1. The molecule has 8 rings (SSSR count). The quantitative estimate of drug-likeness (QED) is 0.228. The Labute approximate surface area is 225 Å². The number of fused-ring (bicyclic) bond motifs is 6. The Morgan fingerprint density at radius 3 is 1.77 bits per heavy atom. The third-order valence-electron chi connectivity index (χ3n) is 7.46. The van der Waals surface area contributed by atoms with Gasteiger partial charge in [-0.1, -0.05) is 97.1 Å². The molecule has 39 heavy (non-hydrogen) atoms. The van der Waals surface area contributed by atoms with E-state index in [0.717, 1.165) is 77.4 Å². The zero-order valence-electron chi connectivity index (χ0n) is 21.0. The van der Waals surface area contributed by atoms with E-state index in [0.29, 0.717) is 0 Å². The van der Waals surface area contributed by atoms with Gasteiger partial charge in [0.15, 0.2) is 0 Å². The van der Waals surface area contributed by atoms with Crippen molar-refractivity contribution in [2.24, 2.45) is 0 Å². The van der Waals surface area contributed by atoms with Crippen LogP contribution >= 0.6 is 0 Å². The molecule has 0 unspecified atom stereocenters. The van der Waals surface area contributed by atoms with E-state index in [1.165, 1.54) is 0 Å². The number of hydrogen-bond acceptors (Lipinski definition) is 3. The summed E-state index contributed by atoms with van der Waals surface area (Å²) < 4.78 is 6.03. The van der Waals surface area contributed by atoms with Crippen LogP contribution in [0.5, 0.6) is 0 Å². The molecular weight excluding hydrogens is 476 g/mol. The monoisotopic (exact) mass is 498 g/mol. The van der Waals surface area contributed by atoms with Gasteiger partial charge in [-0.3, -0.25) is 0 Å². The van der Waals surface area contributed by atoms with E-state index in [2.05, 4.69) is 103 Å². The van der Waals surface area contributed by atoms with Gasteiger partial charge < -0.3 is 4.42 Å². The summed E-state index contributed by atoms with van der Waals surface area (Å²) >= 11 is 0. The van der Waals surface area contributed by atoms with Crippen LogP contribution in [0.4, 0.5) is 0 Å². The second kappa shape index (κ2) is 8.64. The fourth-order valence-electron chi connectivity index (χ4n) is 5.46. The highest BCUT2D eigenvalue weighted by Gasteiger charge is 2.11.